The van der Waals surface area contributed by atoms with Crippen molar-refractivity contribution in [3.8, 4) is 0 Å². The van der Waals surface area contributed by atoms with Crippen molar-refractivity contribution in [1.82, 2.24) is 4.90 Å². The predicted octanol–water partition coefficient (Wildman–Crippen LogP) is 2.06. The van der Waals surface area contributed by atoms with E-state index in [-0.39, 0.29) is 24.3 Å². The van der Waals surface area contributed by atoms with Crippen molar-refractivity contribution in [2.24, 2.45) is 11.8 Å². The third-order valence-electron chi connectivity index (χ3n) is 6.77. The molecule has 1 spiro atoms. The molecule has 0 amide bonds. The first-order valence-corrected chi connectivity index (χ1v) is 8.63. The van der Waals surface area contributed by atoms with Gasteiger partial charge in [-0.25, -0.2) is 0 Å². The summed E-state index contributed by atoms with van der Waals surface area (Å²) >= 11 is 0. The number of allylic oxidation sites excluding steroid dienone is 1. The Morgan fingerprint density at radius 2 is 2.26 bits per heavy atom. The minimum absolute atomic E-state index is 0.215. The molecule has 5 aliphatic rings. The fourth-order valence-corrected chi connectivity index (χ4v) is 5.76. The standard InChI is InChI=1S/C19H22N2O2/c1-2-11-9-21-16-8-19(17(21)7-13(11)14(16)10-22)18(23)12-5-3-4-6-15(12)20-19/h2-6,13-14,16-17,20,22H,7-10H2,1H3/b11-2+/t13-,14?,16+,17+,19+/m1/s1. The van der Waals surface area contributed by atoms with Gasteiger partial charge < -0.3 is 10.4 Å². The van der Waals surface area contributed by atoms with Crippen molar-refractivity contribution in [3.05, 3.63) is 41.5 Å². The molecule has 4 bridgehead atoms. The Balaban J connectivity index is 1.59. The molecule has 0 radical (unpaired) electrons. The summed E-state index contributed by atoms with van der Waals surface area (Å²) in [5.74, 6) is 0.957. The summed E-state index contributed by atoms with van der Waals surface area (Å²) in [6, 6.07) is 8.45. The summed E-state index contributed by atoms with van der Waals surface area (Å²) in [7, 11) is 0. The molecule has 120 valence electrons. The van der Waals surface area contributed by atoms with E-state index in [0.717, 1.165) is 30.6 Å². The number of aliphatic hydroxyl groups excluding tert-OH is 1. The maximum Gasteiger partial charge on any atom is 0.191 e. The molecule has 6 atom stereocenters. The zero-order valence-corrected chi connectivity index (χ0v) is 13.3. The lowest BCUT2D eigenvalue weighted by atomic mass is 9.71. The van der Waals surface area contributed by atoms with Crippen LogP contribution in [0.3, 0.4) is 0 Å². The van der Waals surface area contributed by atoms with Crippen LogP contribution in [0.1, 0.15) is 30.1 Å². The van der Waals surface area contributed by atoms with Crippen molar-refractivity contribution in [3.63, 3.8) is 0 Å². The highest BCUT2D eigenvalue weighted by Crippen LogP contribution is 2.56. The first-order chi connectivity index (χ1) is 11.2. The number of aliphatic hydroxyl groups is 1. The van der Waals surface area contributed by atoms with E-state index in [1.165, 1.54) is 5.57 Å². The van der Waals surface area contributed by atoms with E-state index in [9.17, 15) is 9.90 Å². The molecule has 4 heteroatoms. The molecule has 5 heterocycles. The zero-order valence-electron chi connectivity index (χ0n) is 13.3. The quantitative estimate of drug-likeness (QED) is 0.780. The lowest BCUT2D eigenvalue weighted by Crippen LogP contribution is -2.61. The lowest BCUT2D eigenvalue weighted by molar-refractivity contribution is -0.00539. The number of rotatable bonds is 1. The highest BCUT2D eigenvalue weighted by atomic mass is 16.3. The van der Waals surface area contributed by atoms with Crippen LogP contribution in [0.5, 0.6) is 0 Å². The van der Waals surface area contributed by atoms with Crippen LogP contribution in [0, 0.1) is 11.8 Å². The molecule has 4 fully saturated rings. The Morgan fingerprint density at radius 3 is 3.00 bits per heavy atom. The molecule has 5 aliphatic heterocycles. The van der Waals surface area contributed by atoms with Gasteiger partial charge in [0.05, 0.1) is 0 Å². The van der Waals surface area contributed by atoms with Gasteiger partial charge in [-0.2, -0.15) is 0 Å². The molecule has 1 aromatic rings. The average Bonchev–Trinajstić information content (AvgIpc) is 3.00. The van der Waals surface area contributed by atoms with Crippen LogP contribution in [0.25, 0.3) is 0 Å². The van der Waals surface area contributed by atoms with Crippen molar-refractivity contribution in [1.29, 1.82) is 0 Å². The second-order valence-electron chi connectivity index (χ2n) is 7.48. The number of carbonyl (C=O) groups is 1. The molecule has 1 aromatic carbocycles. The van der Waals surface area contributed by atoms with Gasteiger partial charge in [-0.05, 0) is 37.8 Å². The molecule has 0 aliphatic carbocycles. The summed E-state index contributed by atoms with van der Waals surface area (Å²) < 4.78 is 0. The molecule has 6 rings (SSSR count). The highest BCUT2D eigenvalue weighted by Gasteiger charge is 2.66. The number of fused-ring (bicyclic) bond motifs is 2. The van der Waals surface area contributed by atoms with Crippen molar-refractivity contribution >= 4 is 11.5 Å². The van der Waals surface area contributed by atoms with E-state index in [4.69, 9.17) is 0 Å². The third kappa shape index (κ3) is 1.51. The van der Waals surface area contributed by atoms with Gasteiger partial charge >= 0.3 is 0 Å². The number of hydrogen-bond acceptors (Lipinski definition) is 4. The van der Waals surface area contributed by atoms with E-state index in [0.29, 0.717) is 12.0 Å². The van der Waals surface area contributed by atoms with Crippen molar-refractivity contribution in [2.75, 3.05) is 18.5 Å². The number of Topliss-reactive ketones (excluding diaryl/α,β-unsaturated/α-hetero) is 1. The fourth-order valence-electron chi connectivity index (χ4n) is 5.76. The number of benzene rings is 1. The van der Waals surface area contributed by atoms with Gasteiger partial charge in [-0.1, -0.05) is 23.8 Å². The Kier molecular flexibility index (Phi) is 2.67. The first-order valence-electron chi connectivity index (χ1n) is 8.63. The molecule has 2 unspecified atom stereocenters. The van der Waals surface area contributed by atoms with Gasteiger partial charge in [0, 0.05) is 42.4 Å². The molecule has 4 nitrogen and oxygen atoms in total. The summed E-state index contributed by atoms with van der Waals surface area (Å²) in [5.41, 5.74) is 2.78. The molecular formula is C19H22N2O2. The number of ketones is 1. The minimum Gasteiger partial charge on any atom is -0.396 e. The lowest BCUT2D eigenvalue weighted by Gasteiger charge is -2.52. The van der Waals surface area contributed by atoms with Crippen LogP contribution in [0.4, 0.5) is 5.69 Å². The van der Waals surface area contributed by atoms with E-state index < -0.39 is 5.54 Å². The van der Waals surface area contributed by atoms with Crippen molar-refractivity contribution < 1.29 is 9.90 Å². The third-order valence-corrected chi connectivity index (χ3v) is 6.77. The monoisotopic (exact) mass is 310 g/mol. The smallest absolute Gasteiger partial charge is 0.191 e. The molecular weight excluding hydrogens is 288 g/mol. The van der Waals surface area contributed by atoms with Crippen LogP contribution in [-0.2, 0) is 0 Å². The van der Waals surface area contributed by atoms with E-state index in [1.54, 1.807) is 0 Å². The number of para-hydroxylation sites is 1. The summed E-state index contributed by atoms with van der Waals surface area (Å²) in [6.07, 6.45) is 4.02. The Morgan fingerprint density at radius 1 is 1.43 bits per heavy atom. The van der Waals surface area contributed by atoms with Crippen LogP contribution in [0.15, 0.2) is 35.9 Å². The molecule has 4 saturated heterocycles. The molecule has 0 saturated carbocycles. The number of piperidine rings is 3. The second-order valence-corrected chi connectivity index (χ2v) is 7.48. The highest BCUT2D eigenvalue weighted by molar-refractivity contribution is 6.14. The number of carbonyl (C=O) groups excluding carboxylic acids is 1. The zero-order chi connectivity index (χ0) is 15.8. The Labute approximate surface area is 136 Å². The van der Waals surface area contributed by atoms with Gasteiger partial charge in [-0.3, -0.25) is 9.69 Å². The van der Waals surface area contributed by atoms with Crippen LogP contribution in [0.2, 0.25) is 0 Å². The largest absolute Gasteiger partial charge is 0.396 e. The topological polar surface area (TPSA) is 52.6 Å². The first kappa shape index (κ1) is 13.8. The Hall–Kier alpha value is -1.65. The van der Waals surface area contributed by atoms with Crippen LogP contribution < -0.4 is 5.32 Å². The minimum atomic E-state index is -0.476. The fraction of sp³-hybridized carbons (Fsp3) is 0.526. The summed E-state index contributed by atoms with van der Waals surface area (Å²) in [6.45, 7) is 3.27. The predicted molar refractivity (Wildman–Crippen MR) is 88.5 cm³/mol. The van der Waals surface area contributed by atoms with E-state index in [2.05, 4.69) is 23.2 Å². The van der Waals surface area contributed by atoms with Gasteiger partial charge in [0.15, 0.2) is 5.78 Å². The molecule has 2 N–H and O–H groups in total. The number of anilines is 1. The molecule has 0 aromatic heterocycles. The van der Waals surface area contributed by atoms with Gasteiger partial charge in [0.25, 0.3) is 0 Å². The van der Waals surface area contributed by atoms with Crippen LogP contribution in [-0.4, -0.2) is 46.6 Å². The SMILES string of the molecule is C/C=C1\CN2[C@H]3C[C@H]1C(CO)[C@@H]2C[C@]31Nc2ccccc2C1=O. The number of nitrogens with one attached hydrogen (secondary N) is 1. The van der Waals surface area contributed by atoms with E-state index >= 15 is 0 Å². The summed E-state index contributed by atoms with van der Waals surface area (Å²) in [4.78, 5) is 15.7. The van der Waals surface area contributed by atoms with Crippen LogP contribution >= 0.6 is 0 Å². The van der Waals surface area contributed by atoms with Gasteiger partial charge in [0.2, 0.25) is 0 Å². The van der Waals surface area contributed by atoms with Crippen molar-refractivity contribution in [2.45, 2.75) is 37.4 Å². The number of nitrogens with zero attached hydrogens (tertiary/aromatic N) is 1. The van der Waals surface area contributed by atoms with Gasteiger partial charge in [-0.15, -0.1) is 0 Å². The molecule has 23 heavy (non-hydrogen) atoms. The van der Waals surface area contributed by atoms with Gasteiger partial charge in [0.1, 0.15) is 5.54 Å². The second kappa shape index (κ2) is 4.46. The Bertz CT molecular complexity index is 728. The number of hydrogen-bond donors (Lipinski definition) is 2. The maximum absolute atomic E-state index is 13.2. The summed E-state index contributed by atoms with van der Waals surface area (Å²) in [5, 5.41) is 13.6. The normalized spacial score (nSPS) is 44.9. The van der Waals surface area contributed by atoms with E-state index in [1.807, 2.05) is 24.3 Å². The maximum atomic E-state index is 13.2. The average molecular weight is 310 g/mol.